The lowest BCUT2D eigenvalue weighted by Crippen LogP contribution is -2.12. The summed E-state index contributed by atoms with van der Waals surface area (Å²) in [5, 5.41) is 15.9. The summed E-state index contributed by atoms with van der Waals surface area (Å²) in [6.07, 6.45) is 0. The Kier molecular flexibility index (Phi) is 3.98. The Bertz CT molecular complexity index is 614. The maximum atomic E-state index is 14.1. The second-order valence-corrected chi connectivity index (χ2v) is 6.61. The van der Waals surface area contributed by atoms with Crippen molar-refractivity contribution in [2.24, 2.45) is 5.73 Å². The smallest absolute Gasteiger partial charge is 0.179 e. The van der Waals surface area contributed by atoms with Crippen LogP contribution in [0, 0.1) is 18.2 Å². The van der Waals surface area contributed by atoms with Gasteiger partial charge in [-0.05, 0) is 35.0 Å². The van der Waals surface area contributed by atoms with Crippen molar-refractivity contribution in [1.29, 1.82) is 5.41 Å². The molecular weight excluding hydrogens is 339 g/mol. The lowest BCUT2D eigenvalue weighted by atomic mass is 10.2. The van der Waals surface area contributed by atoms with Gasteiger partial charge in [0.15, 0.2) is 10.2 Å². The van der Waals surface area contributed by atoms with Gasteiger partial charge in [-0.1, -0.05) is 23.1 Å². The van der Waals surface area contributed by atoms with Crippen LogP contribution in [0.5, 0.6) is 0 Å². The van der Waals surface area contributed by atoms with Crippen LogP contribution in [-0.4, -0.2) is 16.0 Å². The van der Waals surface area contributed by atoms with Crippen LogP contribution in [0.3, 0.4) is 0 Å². The predicted octanol–water partition coefficient (Wildman–Crippen LogP) is 3.18. The molecule has 0 bridgehead atoms. The van der Waals surface area contributed by atoms with E-state index in [0.29, 0.717) is 14.8 Å². The molecule has 2 rings (SSSR count). The molecule has 0 aliphatic carbocycles. The third-order valence-corrected chi connectivity index (χ3v) is 4.74. The highest BCUT2D eigenvalue weighted by molar-refractivity contribution is 9.10. The topological polar surface area (TPSA) is 75.7 Å². The minimum atomic E-state index is -0.444. The zero-order valence-corrected chi connectivity index (χ0v) is 12.4. The molecule has 8 heteroatoms. The third kappa shape index (κ3) is 2.70. The van der Waals surface area contributed by atoms with Crippen LogP contribution in [0.25, 0.3) is 0 Å². The SMILES string of the molecule is Cc1nnc(Sc2ccc(C(=N)N)c(Br)c2F)s1. The summed E-state index contributed by atoms with van der Waals surface area (Å²) in [4.78, 5) is 0.419. The van der Waals surface area contributed by atoms with Gasteiger partial charge in [0.1, 0.15) is 10.8 Å². The molecule has 0 atom stereocenters. The van der Waals surface area contributed by atoms with E-state index in [0.717, 1.165) is 5.01 Å². The molecule has 18 heavy (non-hydrogen) atoms. The molecule has 0 radical (unpaired) electrons. The molecule has 0 saturated carbocycles. The average molecular weight is 347 g/mol. The zero-order chi connectivity index (χ0) is 13.3. The van der Waals surface area contributed by atoms with Crippen molar-refractivity contribution in [2.75, 3.05) is 0 Å². The van der Waals surface area contributed by atoms with Gasteiger partial charge in [-0.25, -0.2) is 4.39 Å². The minimum absolute atomic E-state index is 0.177. The molecule has 3 N–H and O–H groups in total. The molecule has 1 aromatic heterocycles. The van der Waals surface area contributed by atoms with Crippen LogP contribution >= 0.6 is 39.0 Å². The van der Waals surface area contributed by atoms with Crippen molar-refractivity contribution in [3.63, 3.8) is 0 Å². The van der Waals surface area contributed by atoms with Gasteiger partial charge < -0.3 is 5.73 Å². The van der Waals surface area contributed by atoms with E-state index in [1.165, 1.54) is 23.1 Å². The number of benzene rings is 1. The highest BCUT2D eigenvalue weighted by atomic mass is 79.9. The largest absolute Gasteiger partial charge is 0.384 e. The van der Waals surface area contributed by atoms with Crippen molar-refractivity contribution >= 4 is 44.9 Å². The quantitative estimate of drug-likeness (QED) is 0.661. The predicted molar refractivity (Wildman–Crippen MR) is 73.9 cm³/mol. The molecule has 0 unspecified atom stereocenters. The van der Waals surface area contributed by atoms with Crippen LogP contribution in [0.2, 0.25) is 0 Å². The van der Waals surface area contributed by atoms with Crippen LogP contribution in [-0.2, 0) is 0 Å². The van der Waals surface area contributed by atoms with E-state index in [1.807, 2.05) is 6.92 Å². The number of amidine groups is 1. The molecule has 1 aromatic carbocycles. The molecule has 2 aromatic rings. The van der Waals surface area contributed by atoms with E-state index in [1.54, 1.807) is 12.1 Å². The van der Waals surface area contributed by atoms with Gasteiger partial charge >= 0.3 is 0 Å². The first-order chi connectivity index (χ1) is 8.49. The molecule has 0 saturated heterocycles. The Morgan fingerprint density at radius 1 is 1.50 bits per heavy atom. The second kappa shape index (κ2) is 5.33. The molecule has 1 heterocycles. The summed E-state index contributed by atoms with van der Waals surface area (Å²) >= 11 is 5.71. The number of rotatable bonds is 3. The lowest BCUT2D eigenvalue weighted by molar-refractivity contribution is 0.594. The number of hydrogen-bond donors (Lipinski definition) is 2. The third-order valence-electron chi connectivity index (χ3n) is 2.04. The summed E-state index contributed by atoms with van der Waals surface area (Å²) in [6, 6.07) is 3.18. The number of nitrogens with one attached hydrogen (secondary N) is 1. The Labute approximate surface area is 119 Å². The summed E-state index contributed by atoms with van der Waals surface area (Å²) in [6.45, 7) is 1.84. The highest BCUT2D eigenvalue weighted by Crippen LogP contribution is 2.35. The van der Waals surface area contributed by atoms with Crippen LogP contribution in [0.4, 0.5) is 4.39 Å². The monoisotopic (exact) mass is 346 g/mol. The Morgan fingerprint density at radius 3 is 2.78 bits per heavy atom. The maximum Gasteiger partial charge on any atom is 0.179 e. The summed E-state index contributed by atoms with van der Waals surface area (Å²) in [7, 11) is 0. The first-order valence-electron chi connectivity index (χ1n) is 4.79. The molecule has 0 spiro atoms. The standard InChI is InChI=1S/C10H8BrFN4S2/c1-4-15-16-10(17-4)18-6-3-2-5(9(13)14)7(11)8(6)12/h2-3H,1H3,(H3,13,14). The summed E-state index contributed by atoms with van der Waals surface area (Å²) in [5.41, 5.74) is 5.69. The number of aryl methyl sites for hydroxylation is 1. The highest BCUT2D eigenvalue weighted by Gasteiger charge is 2.15. The van der Waals surface area contributed by atoms with Crippen LogP contribution in [0.15, 0.2) is 25.8 Å². The summed E-state index contributed by atoms with van der Waals surface area (Å²) < 4.78 is 14.9. The van der Waals surface area contributed by atoms with Gasteiger partial charge in [0, 0.05) is 5.56 Å². The van der Waals surface area contributed by atoms with E-state index in [4.69, 9.17) is 11.1 Å². The van der Waals surface area contributed by atoms with Crippen molar-refractivity contribution in [3.8, 4) is 0 Å². The number of hydrogen-bond acceptors (Lipinski definition) is 5. The molecule has 0 aliphatic rings. The fourth-order valence-corrected chi connectivity index (χ4v) is 3.73. The number of nitrogens with zero attached hydrogens (tertiary/aromatic N) is 2. The van der Waals surface area contributed by atoms with E-state index in [2.05, 4.69) is 26.1 Å². The summed E-state index contributed by atoms with van der Waals surface area (Å²) in [5.74, 6) is -0.621. The minimum Gasteiger partial charge on any atom is -0.384 e. The molecule has 0 aliphatic heterocycles. The van der Waals surface area contributed by atoms with Crippen LogP contribution in [0.1, 0.15) is 10.6 Å². The van der Waals surface area contributed by atoms with Gasteiger partial charge in [-0.2, -0.15) is 0 Å². The van der Waals surface area contributed by atoms with Gasteiger partial charge in [-0.3, -0.25) is 5.41 Å². The first kappa shape index (κ1) is 13.4. The van der Waals surface area contributed by atoms with Gasteiger partial charge in [0.2, 0.25) is 0 Å². The van der Waals surface area contributed by atoms with Gasteiger partial charge in [0.05, 0.1) is 9.37 Å². The number of nitrogens with two attached hydrogens (primary N) is 1. The average Bonchev–Trinajstić information content (AvgIpc) is 2.70. The molecule has 0 fully saturated rings. The molecule has 94 valence electrons. The van der Waals surface area contributed by atoms with Crippen molar-refractivity contribution in [1.82, 2.24) is 10.2 Å². The Morgan fingerprint density at radius 2 is 2.22 bits per heavy atom. The number of aromatic nitrogens is 2. The Hall–Kier alpha value is -0.990. The Balaban J connectivity index is 2.35. The molecule has 0 amide bonds. The van der Waals surface area contributed by atoms with Crippen molar-refractivity contribution < 1.29 is 4.39 Å². The fraction of sp³-hybridized carbons (Fsp3) is 0.100. The zero-order valence-electron chi connectivity index (χ0n) is 9.20. The van der Waals surface area contributed by atoms with Gasteiger partial charge in [-0.15, -0.1) is 10.2 Å². The second-order valence-electron chi connectivity index (χ2n) is 3.34. The fourth-order valence-electron chi connectivity index (χ4n) is 1.23. The van der Waals surface area contributed by atoms with E-state index < -0.39 is 5.82 Å². The number of halogens is 2. The normalized spacial score (nSPS) is 10.6. The first-order valence-corrected chi connectivity index (χ1v) is 7.22. The van der Waals surface area contributed by atoms with E-state index in [-0.39, 0.29) is 10.3 Å². The van der Waals surface area contributed by atoms with Gasteiger partial charge in [0.25, 0.3) is 0 Å². The molecule has 4 nitrogen and oxygen atoms in total. The van der Waals surface area contributed by atoms with Crippen LogP contribution < -0.4 is 5.73 Å². The lowest BCUT2D eigenvalue weighted by Gasteiger charge is -2.06. The van der Waals surface area contributed by atoms with Crippen molar-refractivity contribution in [2.45, 2.75) is 16.2 Å². The van der Waals surface area contributed by atoms with E-state index in [9.17, 15) is 4.39 Å². The van der Waals surface area contributed by atoms with Crippen molar-refractivity contribution in [3.05, 3.63) is 33.0 Å². The maximum absolute atomic E-state index is 14.1. The number of nitrogen functional groups attached to an aromatic ring is 1. The molecular formula is C10H8BrFN4S2. The van der Waals surface area contributed by atoms with E-state index >= 15 is 0 Å².